The first-order chi connectivity index (χ1) is 14.7. The molecule has 0 spiro atoms. The Bertz CT molecular complexity index is 1140. The molecule has 0 radical (unpaired) electrons. The van der Waals surface area contributed by atoms with Crippen LogP contribution in [0, 0.1) is 6.92 Å². The largest absolute Gasteiger partial charge is 0.299 e. The molecule has 1 aliphatic heterocycles. The number of pyridine rings is 1. The fraction of sp³-hybridized carbons (Fsp3) is 0.280. The van der Waals surface area contributed by atoms with E-state index in [-0.39, 0.29) is 0 Å². The maximum atomic E-state index is 6.61. The van der Waals surface area contributed by atoms with Crippen molar-refractivity contribution in [1.29, 1.82) is 0 Å². The van der Waals surface area contributed by atoms with Crippen molar-refractivity contribution in [2.24, 2.45) is 0 Å². The van der Waals surface area contributed by atoms with E-state index in [0.29, 0.717) is 11.1 Å². The minimum absolute atomic E-state index is 0.353. The number of hydrogen-bond donors (Lipinski definition) is 0. The minimum atomic E-state index is 0.353. The highest BCUT2D eigenvalue weighted by molar-refractivity contribution is 6.35. The average Bonchev–Trinajstić information content (AvgIpc) is 3.20. The molecule has 5 heteroatoms. The van der Waals surface area contributed by atoms with Gasteiger partial charge in [0.1, 0.15) is 0 Å². The van der Waals surface area contributed by atoms with Gasteiger partial charge in [-0.3, -0.25) is 4.90 Å². The van der Waals surface area contributed by atoms with E-state index in [0.717, 1.165) is 54.8 Å². The van der Waals surface area contributed by atoms with Crippen molar-refractivity contribution in [2.75, 3.05) is 13.1 Å². The smallest absolute Gasteiger partial charge is 0.160 e. The Hall–Kier alpha value is -2.69. The predicted molar refractivity (Wildman–Crippen MR) is 123 cm³/mol. The fourth-order valence-electron chi connectivity index (χ4n) is 4.28. The third-order valence-corrected chi connectivity index (χ3v) is 6.33. The number of likely N-dealkylation sites (tertiary alicyclic amines) is 1. The van der Waals surface area contributed by atoms with Gasteiger partial charge in [-0.15, -0.1) is 0 Å². The Kier molecular flexibility index (Phi) is 5.28. The summed E-state index contributed by atoms with van der Waals surface area (Å²) in [5.74, 6) is 0. The van der Waals surface area contributed by atoms with Crippen LogP contribution in [0.1, 0.15) is 30.0 Å². The maximum Gasteiger partial charge on any atom is 0.160 e. The number of benzene rings is 2. The Labute approximate surface area is 182 Å². The molecule has 3 heterocycles. The van der Waals surface area contributed by atoms with Gasteiger partial charge in [-0.25, -0.2) is 9.67 Å². The van der Waals surface area contributed by atoms with Crippen LogP contribution in [0.5, 0.6) is 0 Å². The van der Waals surface area contributed by atoms with Crippen LogP contribution >= 0.6 is 11.6 Å². The van der Waals surface area contributed by atoms with Crippen LogP contribution in [-0.2, 0) is 6.54 Å². The first-order valence-corrected chi connectivity index (χ1v) is 10.9. The van der Waals surface area contributed by atoms with E-state index in [1.165, 1.54) is 11.1 Å². The molecule has 1 aliphatic rings. The Morgan fingerprint density at radius 3 is 2.47 bits per heavy atom. The van der Waals surface area contributed by atoms with Gasteiger partial charge >= 0.3 is 0 Å². The lowest BCUT2D eigenvalue weighted by Crippen LogP contribution is -2.34. The van der Waals surface area contributed by atoms with Gasteiger partial charge < -0.3 is 0 Å². The topological polar surface area (TPSA) is 34.0 Å². The van der Waals surface area contributed by atoms with Crippen molar-refractivity contribution in [3.05, 3.63) is 83.0 Å². The molecule has 152 valence electrons. The molecule has 2 aromatic heterocycles. The van der Waals surface area contributed by atoms with Crippen LogP contribution < -0.4 is 0 Å². The monoisotopic (exact) mass is 416 g/mol. The first-order valence-electron chi connectivity index (χ1n) is 10.5. The molecule has 2 aromatic carbocycles. The Morgan fingerprint density at radius 1 is 1.00 bits per heavy atom. The van der Waals surface area contributed by atoms with Crippen LogP contribution in [0.25, 0.3) is 22.3 Å². The van der Waals surface area contributed by atoms with Crippen LogP contribution in [0.15, 0.2) is 66.9 Å². The molecular weight excluding hydrogens is 392 g/mol. The number of rotatable bonds is 4. The van der Waals surface area contributed by atoms with E-state index in [9.17, 15) is 0 Å². The van der Waals surface area contributed by atoms with Crippen molar-refractivity contribution in [2.45, 2.75) is 32.4 Å². The van der Waals surface area contributed by atoms with Gasteiger partial charge in [-0.2, -0.15) is 5.10 Å². The lowest BCUT2D eigenvalue weighted by atomic mass is 10.0. The number of aryl methyl sites for hydroxylation is 1. The summed E-state index contributed by atoms with van der Waals surface area (Å²) in [6.45, 7) is 5.22. The highest BCUT2D eigenvalue weighted by Gasteiger charge is 2.24. The summed E-state index contributed by atoms with van der Waals surface area (Å²) >= 11 is 6.61. The van der Waals surface area contributed by atoms with E-state index in [1.54, 1.807) is 0 Å². The number of aromatic nitrogens is 3. The normalized spacial score (nSPS) is 15.7. The molecule has 0 unspecified atom stereocenters. The molecule has 0 N–H and O–H groups in total. The van der Waals surface area contributed by atoms with Gasteiger partial charge in [0.2, 0.25) is 0 Å². The van der Waals surface area contributed by atoms with Crippen molar-refractivity contribution in [3.63, 3.8) is 0 Å². The van der Waals surface area contributed by atoms with Crippen LogP contribution in [0.2, 0.25) is 5.02 Å². The molecule has 0 aliphatic carbocycles. The molecule has 4 aromatic rings. The molecular formula is C25H25ClN4. The zero-order valence-electron chi connectivity index (χ0n) is 17.1. The van der Waals surface area contributed by atoms with Gasteiger partial charge in [-0.1, -0.05) is 71.8 Å². The van der Waals surface area contributed by atoms with Crippen LogP contribution in [0.4, 0.5) is 0 Å². The number of hydrogen-bond acceptors (Lipinski definition) is 3. The Morgan fingerprint density at radius 2 is 1.73 bits per heavy atom. The summed E-state index contributed by atoms with van der Waals surface area (Å²) in [6.07, 6.45) is 4.00. The first kappa shape index (κ1) is 19.3. The quantitative estimate of drug-likeness (QED) is 0.415. The summed E-state index contributed by atoms with van der Waals surface area (Å²) in [7, 11) is 0. The molecule has 5 rings (SSSR count). The predicted octanol–water partition coefficient (Wildman–Crippen LogP) is 5.90. The molecule has 0 bridgehead atoms. The second-order valence-corrected chi connectivity index (χ2v) is 8.58. The van der Waals surface area contributed by atoms with E-state index in [2.05, 4.69) is 76.2 Å². The highest BCUT2D eigenvalue weighted by atomic mass is 35.5. The molecule has 0 atom stereocenters. The third-order valence-electron chi connectivity index (χ3n) is 6.02. The second-order valence-electron chi connectivity index (χ2n) is 8.17. The van der Waals surface area contributed by atoms with Gasteiger partial charge in [0.05, 0.1) is 28.3 Å². The Balaban J connectivity index is 1.38. The lowest BCUT2D eigenvalue weighted by molar-refractivity contribution is 0.175. The van der Waals surface area contributed by atoms with Crippen molar-refractivity contribution < 1.29 is 0 Å². The third kappa shape index (κ3) is 3.85. The molecule has 1 fully saturated rings. The number of nitrogens with zero attached hydrogens (tertiary/aromatic N) is 4. The number of halogens is 1. The molecule has 0 amide bonds. The highest BCUT2D eigenvalue weighted by Crippen LogP contribution is 2.32. The fourth-order valence-corrected chi connectivity index (χ4v) is 4.52. The number of fused-ring (bicyclic) bond motifs is 1. The maximum absolute atomic E-state index is 6.61. The van der Waals surface area contributed by atoms with Gasteiger partial charge in [0.25, 0.3) is 0 Å². The minimum Gasteiger partial charge on any atom is -0.299 e. The standard InChI is InChI=1S/C25H25ClN4/c1-18-7-9-20(10-8-18)24-15-23(26)22-16-27-30(25(22)28-24)21-11-13-29(14-12-21)17-19-5-3-2-4-6-19/h2-10,15-16,21H,11-14,17H2,1H3. The summed E-state index contributed by atoms with van der Waals surface area (Å²) in [4.78, 5) is 7.48. The molecule has 0 saturated carbocycles. The summed E-state index contributed by atoms with van der Waals surface area (Å²) in [6, 6.07) is 21.4. The zero-order valence-corrected chi connectivity index (χ0v) is 17.9. The summed E-state index contributed by atoms with van der Waals surface area (Å²) < 4.78 is 2.10. The van der Waals surface area contributed by atoms with E-state index in [1.807, 2.05) is 12.3 Å². The van der Waals surface area contributed by atoms with E-state index < -0.39 is 0 Å². The molecule has 30 heavy (non-hydrogen) atoms. The van der Waals surface area contributed by atoms with Crippen LogP contribution in [-0.4, -0.2) is 32.8 Å². The summed E-state index contributed by atoms with van der Waals surface area (Å²) in [5, 5.41) is 6.33. The van der Waals surface area contributed by atoms with E-state index in [4.69, 9.17) is 16.6 Å². The van der Waals surface area contributed by atoms with Crippen molar-refractivity contribution in [3.8, 4) is 11.3 Å². The molecule has 4 nitrogen and oxygen atoms in total. The van der Waals surface area contributed by atoms with Gasteiger partial charge in [-0.05, 0) is 31.4 Å². The van der Waals surface area contributed by atoms with Gasteiger partial charge in [0.15, 0.2) is 5.65 Å². The number of piperidine rings is 1. The average molecular weight is 417 g/mol. The van der Waals surface area contributed by atoms with E-state index >= 15 is 0 Å². The van der Waals surface area contributed by atoms with Crippen molar-refractivity contribution >= 4 is 22.6 Å². The molecule has 1 saturated heterocycles. The van der Waals surface area contributed by atoms with Gasteiger partial charge in [0, 0.05) is 25.2 Å². The zero-order chi connectivity index (χ0) is 20.5. The lowest BCUT2D eigenvalue weighted by Gasteiger charge is -2.32. The summed E-state index contributed by atoms with van der Waals surface area (Å²) in [5.41, 5.74) is 5.47. The SMILES string of the molecule is Cc1ccc(-c2cc(Cl)c3cnn(C4CCN(Cc5ccccc5)CC4)c3n2)cc1. The van der Waals surface area contributed by atoms with Crippen LogP contribution in [0.3, 0.4) is 0 Å². The second kappa shape index (κ2) is 8.21. The van der Waals surface area contributed by atoms with Crippen molar-refractivity contribution in [1.82, 2.24) is 19.7 Å².